The Balaban J connectivity index is 1.65. The molecule has 1 amide bonds. The number of methoxy groups -OCH3 is 1. The minimum Gasteiger partial charge on any atom is -0.481 e. The van der Waals surface area contributed by atoms with Gasteiger partial charge in [-0.15, -0.1) is 0 Å². The van der Waals surface area contributed by atoms with E-state index in [-0.39, 0.29) is 10.5 Å². The summed E-state index contributed by atoms with van der Waals surface area (Å²) in [5.74, 6) is 0.400. The molecular formula is C32H32N4O5S. The molecule has 0 saturated heterocycles. The SMILES string of the molecule is COc1cc(-c2cn(S(=O)(=O)c3ccc(C)cc3)c3ncc(-c4cccc(N(C)C(=O)OC(C)(C)C)c4)cc23)ccn1. The van der Waals surface area contributed by atoms with Crippen LogP contribution in [0.4, 0.5) is 10.5 Å². The van der Waals surface area contributed by atoms with Crippen LogP contribution in [-0.4, -0.2) is 48.2 Å². The van der Waals surface area contributed by atoms with E-state index in [1.807, 2.05) is 58.0 Å². The van der Waals surface area contributed by atoms with E-state index >= 15 is 0 Å². The van der Waals surface area contributed by atoms with Gasteiger partial charge in [-0.05, 0) is 75.2 Å². The maximum Gasteiger partial charge on any atom is 0.414 e. The standard InChI is InChI=1S/C32H32N4O5S/c1-21-10-12-26(13-11-21)42(38,39)36-20-28(23-14-15-33-29(18-23)40-6)27-17-24(19-34-30(27)36)22-8-7-9-25(16-22)35(5)31(37)41-32(2,3)4/h7-20H,1-6H3. The third-order valence-corrected chi connectivity index (χ3v) is 8.34. The number of anilines is 1. The summed E-state index contributed by atoms with van der Waals surface area (Å²) in [5, 5.41) is 0.627. The number of carbonyl (C=O) groups excluding carboxylic acids is 1. The van der Waals surface area contributed by atoms with E-state index in [1.54, 1.807) is 62.0 Å². The minimum absolute atomic E-state index is 0.160. The number of carbonyl (C=O) groups is 1. The molecular weight excluding hydrogens is 552 g/mol. The third kappa shape index (κ3) is 5.71. The van der Waals surface area contributed by atoms with E-state index < -0.39 is 21.7 Å². The van der Waals surface area contributed by atoms with Crippen LogP contribution in [-0.2, 0) is 14.8 Å². The van der Waals surface area contributed by atoms with E-state index in [9.17, 15) is 13.2 Å². The van der Waals surface area contributed by atoms with Gasteiger partial charge in [-0.1, -0.05) is 29.8 Å². The number of nitrogens with zero attached hydrogens (tertiary/aromatic N) is 4. The summed E-state index contributed by atoms with van der Waals surface area (Å²) in [6, 6.07) is 19.6. The maximum atomic E-state index is 13.8. The molecule has 5 rings (SSSR count). The maximum absolute atomic E-state index is 13.8. The van der Waals surface area contributed by atoms with Crippen molar-refractivity contribution in [3.05, 3.63) is 90.9 Å². The van der Waals surface area contributed by atoms with Crippen LogP contribution in [0.15, 0.2) is 90.2 Å². The quantitative estimate of drug-likeness (QED) is 0.219. The van der Waals surface area contributed by atoms with Crippen molar-refractivity contribution in [2.24, 2.45) is 0 Å². The van der Waals surface area contributed by atoms with Crippen molar-refractivity contribution < 1.29 is 22.7 Å². The molecule has 0 unspecified atom stereocenters. The first kappa shape index (κ1) is 28.8. The summed E-state index contributed by atoms with van der Waals surface area (Å²) in [6.45, 7) is 7.35. The average molecular weight is 585 g/mol. The van der Waals surface area contributed by atoms with E-state index in [4.69, 9.17) is 9.47 Å². The zero-order valence-corrected chi connectivity index (χ0v) is 25.1. The summed E-state index contributed by atoms with van der Waals surface area (Å²) in [5.41, 5.74) is 4.17. The van der Waals surface area contributed by atoms with Crippen molar-refractivity contribution in [1.82, 2.24) is 13.9 Å². The van der Waals surface area contributed by atoms with Gasteiger partial charge >= 0.3 is 6.09 Å². The molecule has 0 N–H and O–H groups in total. The van der Waals surface area contributed by atoms with Gasteiger partial charge in [0.25, 0.3) is 10.0 Å². The zero-order valence-electron chi connectivity index (χ0n) is 24.3. The fraction of sp³-hybridized carbons (Fsp3) is 0.219. The summed E-state index contributed by atoms with van der Waals surface area (Å²) >= 11 is 0. The molecule has 3 aromatic heterocycles. The number of aromatic nitrogens is 3. The Kier molecular flexibility index (Phi) is 7.51. The van der Waals surface area contributed by atoms with E-state index in [1.165, 1.54) is 16.0 Å². The molecule has 2 aromatic carbocycles. The van der Waals surface area contributed by atoms with Gasteiger partial charge in [0.1, 0.15) is 5.60 Å². The zero-order chi connectivity index (χ0) is 30.2. The number of fused-ring (bicyclic) bond motifs is 1. The molecule has 0 bridgehead atoms. The Bertz CT molecular complexity index is 1890. The van der Waals surface area contributed by atoms with Crippen molar-refractivity contribution in [3.8, 4) is 28.1 Å². The van der Waals surface area contributed by atoms with Crippen molar-refractivity contribution in [2.45, 2.75) is 38.2 Å². The largest absolute Gasteiger partial charge is 0.481 e. The molecule has 0 saturated carbocycles. The predicted molar refractivity (Wildman–Crippen MR) is 163 cm³/mol. The highest BCUT2D eigenvalue weighted by molar-refractivity contribution is 7.90. The van der Waals surface area contributed by atoms with Crippen molar-refractivity contribution >= 4 is 32.8 Å². The Morgan fingerprint density at radius 3 is 2.36 bits per heavy atom. The lowest BCUT2D eigenvalue weighted by Gasteiger charge is -2.25. The van der Waals surface area contributed by atoms with Crippen LogP contribution in [0.2, 0.25) is 0 Å². The lowest BCUT2D eigenvalue weighted by atomic mass is 10.0. The highest BCUT2D eigenvalue weighted by Crippen LogP contribution is 2.36. The number of hydrogen-bond acceptors (Lipinski definition) is 7. The van der Waals surface area contributed by atoms with Crippen LogP contribution in [0, 0.1) is 6.92 Å². The second kappa shape index (κ2) is 10.9. The van der Waals surface area contributed by atoms with Gasteiger partial charge < -0.3 is 9.47 Å². The summed E-state index contributed by atoms with van der Waals surface area (Å²) in [6.07, 6.45) is 4.35. The fourth-order valence-corrected chi connectivity index (χ4v) is 5.82. The van der Waals surface area contributed by atoms with Crippen LogP contribution < -0.4 is 9.64 Å². The number of ether oxygens (including phenoxy) is 2. The topological polar surface area (TPSA) is 104 Å². The van der Waals surface area contributed by atoms with Gasteiger partial charge in [-0.3, -0.25) is 4.90 Å². The van der Waals surface area contributed by atoms with Gasteiger partial charge in [-0.2, -0.15) is 0 Å². The van der Waals surface area contributed by atoms with Gasteiger partial charge in [0.15, 0.2) is 5.65 Å². The van der Waals surface area contributed by atoms with Gasteiger partial charge in [-0.25, -0.2) is 27.2 Å². The number of amides is 1. The van der Waals surface area contributed by atoms with E-state index in [0.717, 1.165) is 22.3 Å². The Hall–Kier alpha value is -4.70. The van der Waals surface area contributed by atoms with Crippen LogP contribution in [0.1, 0.15) is 26.3 Å². The van der Waals surface area contributed by atoms with Crippen molar-refractivity contribution in [1.29, 1.82) is 0 Å². The molecule has 3 heterocycles. The van der Waals surface area contributed by atoms with Crippen LogP contribution in [0.25, 0.3) is 33.3 Å². The van der Waals surface area contributed by atoms with Gasteiger partial charge in [0, 0.05) is 53.9 Å². The second-order valence-electron chi connectivity index (χ2n) is 10.9. The first-order chi connectivity index (χ1) is 19.9. The molecule has 10 heteroatoms. The lowest BCUT2D eigenvalue weighted by Crippen LogP contribution is -2.34. The summed E-state index contributed by atoms with van der Waals surface area (Å²) in [4.78, 5) is 23.1. The monoisotopic (exact) mass is 584 g/mol. The summed E-state index contributed by atoms with van der Waals surface area (Å²) < 4.78 is 39.7. The fourth-order valence-electron chi connectivity index (χ4n) is 4.49. The van der Waals surface area contributed by atoms with Crippen LogP contribution in [0.3, 0.4) is 0 Å². The number of hydrogen-bond donors (Lipinski definition) is 0. The average Bonchev–Trinajstić information content (AvgIpc) is 3.36. The molecule has 5 aromatic rings. The van der Waals surface area contributed by atoms with Crippen LogP contribution in [0.5, 0.6) is 5.88 Å². The Labute approximate surface area is 245 Å². The van der Waals surface area contributed by atoms with Crippen molar-refractivity contribution in [3.63, 3.8) is 0 Å². The van der Waals surface area contributed by atoms with Gasteiger partial charge in [0.05, 0.1) is 12.0 Å². The Morgan fingerprint density at radius 2 is 1.67 bits per heavy atom. The highest BCUT2D eigenvalue weighted by atomic mass is 32.2. The second-order valence-corrected chi connectivity index (χ2v) is 12.7. The minimum atomic E-state index is -3.96. The molecule has 0 atom stereocenters. The lowest BCUT2D eigenvalue weighted by molar-refractivity contribution is 0.0589. The number of aryl methyl sites for hydroxylation is 1. The summed E-state index contributed by atoms with van der Waals surface area (Å²) in [7, 11) is -0.778. The molecule has 42 heavy (non-hydrogen) atoms. The first-order valence-electron chi connectivity index (χ1n) is 13.3. The molecule has 0 fully saturated rings. The molecule has 0 aliphatic rings. The molecule has 9 nitrogen and oxygen atoms in total. The molecule has 0 spiro atoms. The highest BCUT2D eigenvalue weighted by Gasteiger charge is 2.24. The molecule has 0 aliphatic carbocycles. The Morgan fingerprint density at radius 1 is 0.929 bits per heavy atom. The normalized spacial score (nSPS) is 11.9. The number of rotatable bonds is 6. The molecule has 0 aliphatic heterocycles. The number of pyridine rings is 2. The molecule has 0 radical (unpaired) electrons. The van der Waals surface area contributed by atoms with E-state index in [0.29, 0.717) is 22.5 Å². The van der Waals surface area contributed by atoms with E-state index in [2.05, 4.69) is 9.97 Å². The smallest absolute Gasteiger partial charge is 0.414 e. The third-order valence-electron chi connectivity index (χ3n) is 6.68. The van der Waals surface area contributed by atoms with Crippen molar-refractivity contribution in [2.75, 3.05) is 19.1 Å². The predicted octanol–water partition coefficient (Wildman–Crippen LogP) is 6.69. The van der Waals surface area contributed by atoms with Gasteiger partial charge in [0.2, 0.25) is 5.88 Å². The number of benzene rings is 2. The molecule has 216 valence electrons. The first-order valence-corrected chi connectivity index (χ1v) is 14.7. The van der Waals surface area contributed by atoms with Crippen LogP contribution >= 0.6 is 0 Å².